The zero-order valence-electron chi connectivity index (χ0n) is 14.4. The lowest BCUT2D eigenvalue weighted by atomic mass is 10.2. The first-order valence-electron chi connectivity index (χ1n) is 8.26. The number of carbonyl (C=O) groups excluding carboxylic acids is 1. The number of thiophene rings is 1. The van der Waals surface area contributed by atoms with Gasteiger partial charge in [0.15, 0.2) is 0 Å². The van der Waals surface area contributed by atoms with Gasteiger partial charge in [-0.3, -0.25) is 4.79 Å². The fraction of sp³-hybridized carbons (Fsp3) is 0.211. The summed E-state index contributed by atoms with van der Waals surface area (Å²) >= 11 is 7.87. The number of allylic oxidation sites excluding steroid dienone is 1. The zero-order valence-corrected chi connectivity index (χ0v) is 15.9. The van der Waals surface area contributed by atoms with E-state index in [1.807, 2.05) is 34.5 Å². The maximum Gasteiger partial charge on any atom is 0.264 e. The number of hydrogen-bond acceptors (Lipinski definition) is 6. The Morgan fingerprint density at radius 2 is 1.93 bits per heavy atom. The molecule has 1 aromatic carbocycles. The van der Waals surface area contributed by atoms with Gasteiger partial charge in [-0.05, 0) is 29.6 Å². The van der Waals surface area contributed by atoms with Crippen LogP contribution in [-0.4, -0.2) is 37.0 Å². The molecule has 0 atom stereocenters. The molecule has 1 aromatic heterocycles. The van der Waals surface area contributed by atoms with Gasteiger partial charge in [0.1, 0.15) is 17.7 Å². The van der Waals surface area contributed by atoms with Crippen LogP contribution in [-0.2, 0) is 0 Å². The fourth-order valence-electron chi connectivity index (χ4n) is 2.80. The number of amides is 1. The summed E-state index contributed by atoms with van der Waals surface area (Å²) in [6, 6.07) is 12.8. The normalized spacial score (nSPS) is 13.4. The number of benzene rings is 1. The standard InChI is InChI=1S/C19H16ClN5OS/c20-16-10-15(23-13-14(11-21)12-22)3-4-17(16)24-5-7-25(8-6-24)19(26)18-2-1-9-27-18/h1-4,9-10,13,23H,5-8H2. The minimum absolute atomic E-state index is 0.0123. The summed E-state index contributed by atoms with van der Waals surface area (Å²) in [4.78, 5) is 17.2. The first kappa shape index (κ1) is 18.8. The molecule has 0 aliphatic carbocycles. The minimum Gasteiger partial charge on any atom is -0.367 e. The van der Waals surface area contributed by atoms with Crippen LogP contribution in [0.2, 0.25) is 5.02 Å². The second kappa shape index (κ2) is 8.59. The monoisotopic (exact) mass is 397 g/mol. The van der Waals surface area contributed by atoms with E-state index in [4.69, 9.17) is 22.1 Å². The molecule has 1 fully saturated rings. The summed E-state index contributed by atoms with van der Waals surface area (Å²) < 4.78 is 0. The number of nitrogens with one attached hydrogen (secondary N) is 1. The third-order valence-electron chi connectivity index (χ3n) is 4.21. The highest BCUT2D eigenvalue weighted by Gasteiger charge is 2.23. The molecule has 136 valence electrons. The lowest BCUT2D eigenvalue weighted by Gasteiger charge is -2.36. The maximum absolute atomic E-state index is 12.4. The van der Waals surface area contributed by atoms with E-state index >= 15 is 0 Å². The van der Waals surface area contributed by atoms with E-state index in [0.29, 0.717) is 36.9 Å². The van der Waals surface area contributed by atoms with Crippen molar-refractivity contribution in [2.75, 3.05) is 36.4 Å². The highest BCUT2D eigenvalue weighted by molar-refractivity contribution is 7.12. The maximum atomic E-state index is 12.4. The lowest BCUT2D eigenvalue weighted by molar-refractivity contribution is 0.0751. The number of anilines is 2. The van der Waals surface area contributed by atoms with Gasteiger partial charge in [0.05, 0.1) is 15.6 Å². The Balaban J connectivity index is 1.63. The molecule has 0 unspecified atom stereocenters. The fourth-order valence-corrected chi connectivity index (χ4v) is 3.80. The Morgan fingerprint density at radius 3 is 2.52 bits per heavy atom. The van der Waals surface area contributed by atoms with E-state index in [9.17, 15) is 4.79 Å². The number of hydrogen-bond donors (Lipinski definition) is 1. The van der Waals surface area contributed by atoms with Crippen molar-refractivity contribution in [1.82, 2.24) is 4.90 Å². The molecule has 1 amide bonds. The molecule has 1 aliphatic rings. The first-order valence-corrected chi connectivity index (χ1v) is 9.52. The molecular weight excluding hydrogens is 382 g/mol. The van der Waals surface area contributed by atoms with Crippen LogP contribution in [0.4, 0.5) is 11.4 Å². The summed E-state index contributed by atoms with van der Waals surface area (Å²) in [5, 5.41) is 22.9. The smallest absolute Gasteiger partial charge is 0.264 e. The minimum atomic E-state index is -0.0123. The molecule has 2 aromatic rings. The molecule has 1 aliphatic heterocycles. The van der Waals surface area contributed by atoms with Gasteiger partial charge in [-0.15, -0.1) is 11.3 Å². The SMILES string of the molecule is N#CC(C#N)=CNc1ccc(N2CCN(C(=O)c3cccs3)CC2)c(Cl)c1. The van der Waals surface area contributed by atoms with Crippen LogP contribution >= 0.6 is 22.9 Å². The molecule has 1 saturated heterocycles. The van der Waals surface area contributed by atoms with Crippen LogP contribution in [0.3, 0.4) is 0 Å². The van der Waals surface area contributed by atoms with Crippen molar-refractivity contribution in [3.05, 3.63) is 57.4 Å². The van der Waals surface area contributed by atoms with Crippen LogP contribution < -0.4 is 10.2 Å². The lowest BCUT2D eigenvalue weighted by Crippen LogP contribution is -2.48. The quantitative estimate of drug-likeness (QED) is 0.795. The number of nitrogens with zero attached hydrogens (tertiary/aromatic N) is 4. The zero-order chi connectivity index (χ0) is 19.2. The topological polar surface area (TPSA) is 83.2 Å². The van der Waals surface area contributed by atoms with Gasteiger partial charge in [-0.2, -0.15) is 10.5 Å². The summed E-state index contributed by atoms with van der Waals surface area (Å²) in [5.41, 5.74) is 1.58. The summed E-state index contributed by atoms with van der Waals surface area (Å²) in [5.74, 6) is 0.0767. The highest BCUT2D eigenvalue weighted by Crippen LogP contribution is 2.30. The summed E-state index contributed by atoms with van der Waals surface area (Å²) in [7, 11) is 0. The van der Waals surface area contributed by atoms with E-state index in [-0.39, 0.29) is 11.5 Å². The van der Waals surface area contributed by atoms with E-state index in [0.717, 1.165) is 10.6 Å². The molecule has 0 saturated carbocycles. The number of halogens is 1. The van der Waals surface area contributed by atoms with Crippen molar-refractivity contribution < 1.29 is 4.79 Å². The number of carbonyl (C=O) groups is 1. The Bertz CT molecular complexity index is 918. The van der Waals surface area contributed by atoms with Gasteiger partial charge in [0.25, 0.3) is 5.91 Å². The molecule has 3 rings (SSSR count). The van der Waals surface area contributed by atoms with E-state index < -0.39 is 0 Å². The first-order chi connectivity index (χ1) is 13.1. The third-order valence-corrected chi connectivity index (χ3v) is 5.37. The molecular formula is C19H16ClN5OS. The molecule has 2 heterocycles. The number of piperazine rings is 1. The average Bonchev–Trinajstić information content (AvgIpc) is 3.23. The van der Waals surface area contributed by atoms with E-state index in [1.54, 1.807) is 18.2 Å². The Hall–Kier alpha value is -3.00. The number of nitriles is 2. The van der Waals surface area contributed by atoms with Gasteiger partial charge >= 0.3 is 0 Å². The van der Waals surface area contributed by atoms with Gasteiger partial charge in [-0.25, -0.2) is 0 Å². The van der Waals surface area contributed by atoms with Crippen molar-refractivity contribution in [3.63, 3.8) is 0 Å². The van der Waals surface area contributed by atoms with Crippen molar-refractivity contribution >= 4 is 40.2 Å². The molecule has 0 bridgehead atoms. The molecule has 1 N–H and O–H groups in total. The van der Waals surface area contributed by atoms with Crippen LogP contribution in [0, 0.1) is 22.7 Å². The second-order valence-electron chi connectivity index (χ2n) is 5.85. The molecule has 6 nitrogen and oxygen atoms in total. The van der Waals surface area contributed by atoms with Crippen molar-refractivity contribution in [2.45, 2.75) is 0 Å². The predicted molar refractivity (Wildman–Crippen MR) is 107 cm³/mol. The van der Waals surface area contributed by atoms with Gasteiger partial charge in [0, 0.05) is 38.1 Å². The van der Waals surface area contributed by atoms with Gasteiger partial charge < -0.3 is 15.1 Å². The molecule has 27 heavy (non-hydrogen) atoms. The highest BCUT2D eigenvalue weighted by atomic mass is 35.5. The van der Waals surface area contributed by atoms with Crippen LogP contribution in [0.1, 0.15) is 9.67 Å². The van der Waals surface area contributed by atoms with Crippen LogP contribution in [0.15, 0.2) is 47.5 Å². The Labute approximate surface area is 166 Å². The van der Waals surface area contributed by atoms with Gasteiger partial charge in [0.2, 0.25) is 0 Å². The summed E-state index contributed by atoms with van der Waals surface area (Å²) in [6.45, 7) is 2.69. The van der Waals surface area contributed by atoms with E-state index in [1.165, 1.54) is 17.5 Å². The van der Waals surface area contributed by atoms with E-state index in [2.05, 4.69) is 10.2 Å². The Kier molecular flexibility index (Phi) is 5.97. The molecule has 0 radical (unpaired) electrons. The van der Waals surface area contributed by atoms with Crippen molar-refractivity contribution in [2.24, 2.45) is 0 Å². The predicted octanol–water partition coefficient (Wildman–Crippen LogP) is 3.71. The Morgan fingerprint density at radius 1 is 1.19 bits per heavy atom. The second-order valence-corrected chi connectivity index (χ2v) is 7.20. The third kappa shape index (κ3) is 4.40. The van der Waals surface area contributed by atoms with Crippen LogP contribution in [0.25, 0.3) is 0 Å². The summed E-state index contributed by atoms with van der Waals surface area (Å²) in [6.07, 6.45) is 1.35. The van der Waals surface area contributed by atoms with Crippen molar-refractivity contribution in [3.8, 4) is 12.1 Å². The largest absolute Gasteiger partial charge is 0.367 e. The molecule has 8 heteroatoms. The van der Waals surface area contributed by atoms with Crippen LogP contribution in [0.5, 0.6) is 0 Å². The number of rotatable bonds is 4. The van der Waals surface area contributed by atoms with Crippen molar-refractivity contribution in [1.29, 1.82) is 10.5 Å². The van der Waals surface area contributed by atoms with Gasteiger partial charge in [-0.1, -0.05) is 17.7 Å². The average molecular weight is 398 g/mol. The molecule has 0 spiro atoms.